The number of hydrogen-bond donors (Lipinski definition) is 2. The van der Waals surface area contributed by atoms with Crippen LogP contribution in [0.5, 0.6) is 11.5 Å². The van der Waals surface area contributed by atoms with Crippen LogP contribution >= 0.6 is 0 Å². The molecule has 0 saturated heterocycles. The molecule has 1 aromatic rings. The maximum atomic E-state index is 12.2. The Bertz CT molecular complexity index is 598. The molecule has 5 heteroatoms. The summed E-state index contributed by atoms with van der Waals surface area (Å²) in [5.41, 5.74) is 2.48. The Morgan fingerprint density at radius 1 is 1.58 bits per heavy atom. The number of carbonyl (C=O) groups excluding carboxylic acids is 1. The number of aromatic hydroxyl groups is 1. The highest BCUT2D eigenvalue weighted by Gasteiger charge is 2.31. The summed E-state index contributed by atoms with van der Waals surface area (Å²) in [5, 5.41) is 12.7. The maximum Gasteiger partial charge on any atom is 0.276 e. The third-order valence-corrected chi connectivity index (χ3v) is 3.69. The molecule has 0 spiro atoms. The fourth-order valence-electron chi connectivity index (χ4n) is 2.81. The molecule has 100 valence electrons. The molecule has 2 aliphatic rings. The number of aromatic nitrogens is 1. The van der Waals surface area contributed by atoms with Crippen LogP contribution in [0.1, 0.15) is 23.3 Å². The average Bonchev–Trinajstić information content (AvgIpc) is 2.61. The van der Waals surface area contributed by atoms with Gasteiger partial charge in [0.2, 0.25) is 0 Å². The molecular formula is C14H16N2O3. The van der Waals surface area contributed by atoms with Gasteiger partial charge in [0, 0.05) is 18.2 Å². The summed E-state index contributed by atoms with van der Waals surface area (Å²) < 4.78 is 6.87. The minimum atomic E-state index is -0.238. The van der Waals surface area contributed by atoms with Crippen molar-refractivity contribution in [2.24, 2.45) is 5.92 Å². The quantitative estimate of drug-likeness (QED) is 0.757. The van der Waals surface area contributed by atoms with Crippen LogP contribution in [0.2, 0.25) is 0 Å². The molecule has 1 amide bonds. The van der Waals surface area contributed by atoms with E-state index in [1.54, 1.807) is 10.8 Å². The van der Waals surface area contributed by atoms with Crippen molar-refractivity contribution in [2.75, 3.05) is 7.11 Å². The van der Waals surface area contributed by atoms with E-state index < -0.39 is 0 Å². The van der Waals surface area contributed by atoms with Gasteiger partial charge in [0.05, 0.1) is 13.3 Å². The van der Waals surface area contributed by atoms with Gasteiger partial charge >= 0.3 is 0 Å². The van der Waals surface area contributed by atoms with E-state index in [9.17, 15) is 9.90 Å². The van der Waals surface area contributed by atoms with Crippen molar-refractivity contribution in [2.45, 2.75) is 19.4 Å². The van der Waals surface area contributed by atoms with Crippen LogP contribution in [0.3, 0.4) is 0 Å². The van der Waals surface area contributed by atoms with E-state index in [2.05, 4.69) is 11.9 Å². The van der Waals surface area contributed by atoms with Crippen LogP contribution in [-0.4, -0.2) is 22.7 Å². The third-order valence-electron chi connectivity index (χ3n) is 3.69. The normalized spacial score (nSPS) is 21.9. The van der Waals surface area contributed by atoms with Crippen molar-refractivity contribution >= 4 is 5.91 Å². The van der Waals surface area contributed by atoms with E-state index in [0.29, 0.717) is 12.2 Å². The van der Waals surface area contributed by atoms with Crippen LogP contribution < -0.4 is 10.1 Å². The highest BCUT2D eigenvalue weighted by atomic mass is 16.5. The highest BCUT2D eigenvalue weighted by molar-refractivity contribution is 5.98. The first-order chi connectivity index (χ1) is 9.10. The van der Waals surface area contributed by atoms with Gasteiger partial charge in [-0.1, -0.05) is 18.2 Å². The van der Waals surface area contributed by atoms with Gasteiger partial charge in [0.1, 0.15) is 0 Å². The first kappa shape index (κ1) is 11.9. The van der Waals surface area contributed by atoms with Crippen LogP contribution in [0.15, 0.2) is 30.1 Å². The Labute approximate surface area is 111 Å². The SMILES string of the molecule is C=C1CC=C2NC(=O)c3c(OC)c(O)cn3C[C@@H]2C1. The van der Waals surface area contributed by atoms with Crippen molar-refractivity contribution in [3.05, 3.63) is 35.8 Å². The second-order valence-electron chi connectivity index (χ2n) is 5.02. The lowest BCUT2D eigenvalue weighted by atomic mass is 9.89. The molecule has 3 rings (SSSR count). The number of ether oxygens (including phenoxy) is 1. The lowest BCUT2D eigenvalue weighted by Crippen LogP contribution is -2.26. The van der Waals surface area contributed by atoms with Crippen LogP contribution in [0.4, 0.5) is 0 Å². The van der Waals surface area contributed by atoms with Crippen LogP contribution in [0, 0.1) is 5.92 Å². The topological polar surface area (TPSA) is 63.5 Å². The monoisotopic (exact) mass is 260 g/mol. The Balaban J connectivity index is 2.07. The number of methoxy groups -OCH3 is 1. The van der Waals surface area contributed by atoms with E-state index in [-0.39, 0.29) is 23.3 Å². The number of allylic oxidation sites excluding steroid dienone is 3. The first-order valence-corrected chi connectivity index (χ1v) is 6.24. The van der Waals surface area contributed by atoms with Gasteiger partial charge in [-0.2, -0.15) is 0 Å². The fourth-order valence-corrected chi connectivity index (χ4v) is 2.81. The lowest BCUT2D eigenvalue weighted by Gasteiger charge is -2.23. The molecule has 0 bridgehead atoms. The van der Waals surface area contributed by atoms with Crippen LogP contribution in [-0.2, 0) is 6.54 Å². The van der Waals surface area contributed by atoms with E-state index in [1.807, 2.05) is 6.08 Å². The summed E-state index contributed by atoms with van der Waals surface area (Å²) in [5.74, 6) is 0.187. The number of fused-ring (bicyclic) bond motifs is 2. The molecule has 0 radical (unpaired) electrons. The Kier molecular flexibility index (Phi) is 2.62. The number of carbonyl (C=O) groups is 1. The van der Waals surface area contributed by atoms with Crippen LogP contribution in [0.25, 0.3) is 0 Å². The van der Waals surface area contributed by atoms with Crippen molar-refractivity contribution in [1.29, 1.82) is 0 Å². The van der Waals surface area contributed by atoms with Gasteiger partial charge in [0.25, 0.3) is 5.91 Å². The van der Waals surface area contributed by atoms with Crippen molar-refractivity contribution in [3.63, 3.8) is 0 Å². The van der Waals surface area contributed by atoms with Gasteiger partial charge in [0.15, 0.2) is 17.2 Å². The first-order valence-electron chi connectivity index (χ1n) is 6.24. The third kappa shape index (κ3) is 1.82. The van der Waals surface area contributed by atoms with Gasteiger partial charge in [-0.15, -0.1) is 0 Å². The summed E-state index contributed by atoms with van der Waals surface area (Å²) in [6.45, 7) is 4.64. The number of amides is 1. The molecule has 2 heterocycles. The minimum absolute atomic E-state index is 0.00489. The predicted molar refractivity (Wildman–Crippen MR) is 70.1 cm³/mol. The standard InChI is InChI=1S/C14H16N2O3/c1-8-3-4-10-9(5-8)6-16-7-11(17)13(19-2)12(16)14(18)15-10/h4,7,9,17H,1,3,5-6H2,2H3,(H,15,18)/t9-/m0/s1. The molecule has 0 fully saturated rings. The minimum Gasteiger partial charge on any atom is -0.503 e. The molecule has 1 aromatic heterocycles. The zero-order valence-electron chi connectivity index (χ0n) is 10.8. The predicted octanol–water partition coefficient (Wildman–Crippen LogP) is 1.80. The summed E-state index contributed by atoms with van der Waals surface area (Å²) in [7, 11) is 1.45. The second-order valence-corrected chi connectivity index (χ2v) is 5.02. The second kappa shape index (κ2) is 4.19. The van der Waals surface area contributed by atoms with Crippen molar-refractivity contribution < 1.29 is 14.6 Å². The lowest BCUT2D eigenvalue weighted by molar-refractivity contribution is 0.0956. The smallest absolute Gasteiger partial charge is 0.276 e. The fraction of sp³-hybridized carbons (Fsp3) is 0.357. The van der Waals surface area contributed by atoms with Gasteiger partial charge < -0.3 is 19.7 Å². The van der Waals surface area contributed by atoms with Gasteiger partial charge in [-0.25, -0.2) is 0 Å². The molecule has 1 aliphatic carbocycles. The average molecular weight is 260 g/mol. The number of hydrogen-bond acceptors (Lipinski definition) is 3. The Morgan fingerprint density at radius 3 is 3.11 bits per heavy atom. The van der Waals surface area contributed by atoms with E-state index in [1.165, 1.54) is 7.11 Å². The summed E-state index contributed by atoms with van der Waals surface area (Å²) >= 11 is 0. The van der Waals surface area contributed by atoms with E-state index in [4.69, 9.17) is 4.74 Å². The molecule has 2 N–H and O–H groups in total. The number of nitrogens with one attached hydrogen (secondary N) is 1. The molecule has 1 aliphatic heterocycles. The number of nitrogens with zero attached hydrogens (tertiary/aromatic N) is 1. The molecule has 19 heavy (non-hydrogen) atoms. The van der Waals surface area contributed by atoms with Crippen molar-refractivity contribution in [3.8, 4) is 11.5 Å². The zero-order valence-corrected chi connectivity index (χ0v) is 10.8. The van der Waals surface area contributed by atoms with E-state index in [0.717, 1.165) is 24.1 Å². The zero-order chi connectivity index (χ0) is 13.6. The number of rotatable bonds is 1. The summed E-state index contributed by atoms with van der Waals surface area (Å²) in [6, 6.07) is 0. The summed E-state index contributed by atoms with van der Waals surface area (Å²) in [4.78, 5) is 12.2. The molecular weight excluding hydrogens is 244 g/mol. The van der Waals surface area contributed by atoms with Gasteiger partial charge in [-0.05, 0) is 12.8 Å². The van der Waals surface area contributed by atoms with Crippen molar-refractivity contribution in [1.82, 2.24) is 9.88 Å². The Morgan fingerprint density at radius 2 is 2.37 bits per heavy atom. The molecule has 0 aromatic carbocycles. The summed E-state index contributed by atoms with van der Waals surface area (Å²) in [6.07, 6.45) is 5.23. The van der Waals surface area contributed by atoms with E-state index >= 15 is 0 Å². The molecule has 0 saturated carbocycles. The highest BCUT2D eigenvalue weighted by Crippen LogP contribution is 2.37. The molecule has 5 nitrogen and oxygen atoms in total. The maximum absolute atomic E-state index is 12.2. The Hall–Kier alpha value is -2.17. The molecule has 0 unspecified atom stereocenters. The molecule has 1 atom stereocenters. The van der Waals surface area contributed by atoms with Gasteiger partial charge in [-0.3, -0.25) is 4.79 Å². The largest absolute Gasteiger partial charge is 0.503 e.